The molecule has 2 saturated heterocycles. The Hall–Kier alpha value is -0.440. The van der Waals surface area contributed by atoms with E-state index in [9.17, 15) is 30.6 Å². The highest BCUT2D eigenvalue weighted by molar-refractivity contribution is 4.92. The zero-order valence-electron chi connectivity index (χ0n) is 12.3. The molecular formula is C12H24N2O9. The van der Waals surface area contributed by atoms with E-state index in [2.05, 4.69) is 0 Å². The van der Waals surface area contributed by atoms with Gasteiger partial charge in [0.1, 0.15) is 48.8 Å². The summed E-state index contributed by atoms with van der Waals surface area (Å²) in [6.45, 7) is -0.294. The van der Waals surface area contributed by atoms with Gasteiger partial charge in [0, 0.05) is 13.1 Å². The summed E-state index contributed by atoms with van der Waals surface area (Å²) in [7, 11) is 0. The van der Waals surface area contributed by atoms with Crippen molar-refractivity contribution in [2.45, 2.75) is 61.4 Å². The minimum atomic E-state index is -1.64. The molecule has 0 aromatic carbocycles. The van der Waals surface area contributed by atoms with Crippen LogP contribution in [0.15, 0.2) is 0 Å². The van der Waals surface area contributed by atoms with E-state index in [1.165, 1.54) is 0 Å². The molecule has 0 unspecified atom stereocenters. The Kier molecular flexibility index (Phi) is 6.27. The van der Waals surface area contributed by atoms with E-state index in [0.717, 1.165) is 0 Å². The minimum absolute atomic E-state index is 0.147. The van der Waals surface area contributed by atoms with E-state index in [1.807, 2.05) is 0 Å². The van der Waals surface area contributed by atoms with Crippen LogP contribution in [0.25, 0.3) is 0 Å². The first kappa shape index (κ1) is 18.9. The van der Waals surface area contributed by atoms with Crippen LogP contribution in [-0.2, 0) is 14.2 Å². The molecule has 2 rings (SSSR count). The molecule has 0 aromatic rings. The first-order valence-corrected chi connectivity index (χ1v) is 7.26. The quantitative estimate of drug-likeness (QED) is 0.242. The lowest BCUT2D eigenvalue weighted by molar-refractivity contribution is -0.371. The molecule has 0 amide bonds. The van der Waals surface area contributed by atoms with Gasteiger partial charge in [0.2, 0.25) is 0 Å². The molecule has 10 N–H and O–H groups in total. The second-order valence-corrected chi connectivity index (χ2v) is 5.64. The molecule has 11 nitrogen and oxygen atoms in total. The van der Waals surface area contributed by atoms with Crippen molar-refractivity contribution < 1.29 is 44.8 Å². The van der Waals surface area contributed by atoms with Crippen molar-refractivity contribution in [1.82, 2.24) is 0 Å². The third kappa shape index (κ3) is 3.65. The maximum Gasteiger partial charge on any atom is 0.189 e. The summed E-state index contributed by atoms with van der Waals surface area (Å²) >= 11 is 0. The number of aliphatic hydroxyl groups excluding tert-OH is 6. The Morgan fingerprint density at radius 2 is 0.957 bits per heavy atom. The smallest absolute Gasteiger partial charge is 0.189 e. The van der Waals surface area contributed by atoms with Crippen molar-refractivity contribution in [2.75, 3.05) is 13.1 Å². The van der Waals surface area contributed by atoms with Crippen LogP contribution in [0.4, 0.5) is 0 Å². The summed E-state index contributed by atoms with van der Waals surface area (Å²) in [5, 5.41) is 58.8. The summed E-state index contributed by atoms with van der Waals surface area (Å²) in [6, 6.07) is 0. The molecule has 0 bridgehead atoms. The zero-order valence-corrected chi connectivity index (χ0v) is 12.3. The van der Waals surface area contributed by atoms with E-state index >= 15 is 0 Å². The van der Waals surface area contributed by atoms with Crippen LogP contribution in [0.2, 0.25) is 0 Å². The molecule has 0 spiro atoms. The lowest BCUT2D eigenvalue weighted by Crippen LogP contribution is -2.64. The van der Waals surface area contributed by atoms with Crippen LogP contribution in [-0.4, -0.2) is 105 Å². The monoisotopic (exact) mass is 340 g/mol. The van der Waals surface area contributed by atoms with Crippen molar-refractivity contribution in [3.8, 4) is 0 Å². The molecule has 0 aromatic heterocycles. The van der Waals surface area contributed by atoms with Crippen LogP contribution in [0.1, 0.15) is 0 Å². The number of nitrogens with two attached hydrogens (primary N) is 2. The number of hydrogen-bond donors (Lipinski definition) is 8. The van der Waals surface area contributed by atoms with E-state index in [0.29, 0.717) is 0 Å². The lowest BCUT2D eigenvalue weighted by atomic mass is 9.98. The summed E-state index contributed by atoms with van der Waals surface area (Å²) in [5.74, 6) is 0. The maximum absolute atomic E-state index is 9.90. The SMILES string of the molecule is NC[C@H]1O[C@H](O[C@H]2O[C@H](CN)[C@@H](O)[C@H](O)[C@H]2O)[C@H](O)[C@@H](O)[C@@H]1O. The first-order valence-electron chi connectivity index (χ1n) is 7.26. The second-order valence-electron chi connectivity index (χ2n) is 5.64. The van der Waals surface area contributed by atoms with E-state index < -0.39 is 61.4 Å². The molecule has 136 valence electrons. The van der Waals surface area contributed by atoms with Crippen molar-refractivity contribution in [3.63, 3.8) is 0 Å². The van der Waals surface area contributed by atoms with Crippen LogP contribution < -0.4 is 11.5 Å². The van der Waals surface area contributed by atoms with Gasteiger partial charge in [-0.05, 0) is 0 Å². The summed E-state index contributed by atoms with van der Waals surface area (Å²) in [4.78, 5) is 0. The molecule has 2 aliphatic heterocycles. The molecule has 0 saturated carbocycles. The normalized spacial score (nSPS) is 51.7. The maximum atomic E-state index is 9.90. The minimum Gasteiger partial charge on any atom is -0.388 e. The fourth-order valence-electron chi connectivity index (χ4n) is 2.58. The Morgan fingerprint density at radius 1 is 0.609 bits per heavy atom. The highest BCUT2D eigenvalue weighted by atomic mass is 16.8. The van der Waals surface area contributed by atoms with Gasteiger partial charge in [0.05, 0.1) is 0 Å². The van der Waals surface area contributed by atoms with Gasteiger partial charge in [0.25, 0.3) is 0 Å². The largest absolute Gasteiger partial charge is 0.388 e. The molecule has 23 heavy (non-hydrogen) atoms. The van der Waals surface area contributed by atoms with Gasteiger partial charge in [-0.3, -0.25) is 0 Å². The predicted octanol–water partition coefficient (Wildman–Crippen LogP) is -5.46. The Bertz CT molecular complexity index is 352. The molecular weight excluding hydrogens is 316 g/mol. The Labute approximate surface area is 132 Å². The van der Waals surface area contributed by atoms with Crippen LogP contribution in [0, 0.1) is 0 Å². The number of rotatable bonds is 4. The average molecular weight is 340 g/mol. The fraction of sp³-hybridized carbons (Fsp3) is 1.00. The van der Waals surface area contributed by atoms with Crippen LogP contribution in [0.3, 0.4) is 0 Å². The molecule has 2 aliphatic rings. The van der Waals surface area contributed by atoms with Crippen LogP contribution >= 0.6 is 0 Å². The van der Waals surface area contributed by atoms with Gasteiger partial charge in [-0.25, -0.2) is 0 Å². The lowest BCUT2D eigenvalue weighted by Gasteiger charge is -2.44. The third-order valence-electron chi connectivity index (χ3n) is 4.07. The number of aliphatic hydroxyl groups is 6. The van der Waals surface area contributed by atoms with E-state index in [4.69, 9.17) is 25.7 Å². The first-order chi connectivity index (χ1) is 10.8. The average Bonchev–Trinajstić information content (AvgIpc) is 2.55. The standard InChI is InChI=1S/C12H24N2O9/c13-1-3-5(15)7(17)9(19)11(21-3)23-12-10(20)8(18)6(16)4(2-14)22-12/h3-12,15-20H,1-2,13-14H2/t3-,4-,5-,6-,7+,8+,9-,10-,11-,12-/m1/s1. The highest BCUT2D eigenvalue weighted by Gasteiger charge is 2.49. The molecule has 0 radical (unpaired) electrons. The summed E-state index contributed by atoms with van der Waals surface area (Å²) < 4.78 is 15.7. The van der Waals surface area contributed by atoms with Gasteiger partial charge in [0.15, 0.2) is 12.6 Å². The van der Waals surface area contributed by atoms with Crippen LogP contribution in [0.5, 0.6) is 0 Å². The van der Waals surface area contributed by atoms with Gasteiger partial charge >= 0.3 is 0 Å². The van der Waals surface area contributed by atoms with Crippen molar-refractivity contribution >= 4 is 0 Å². The fourth-order valence-corrected chi connectivity index (χ4v) is 2.58. The third-order valence-corrected chi connectivity index (χ3v) is 4.07. The second kappa shape index (κ2) is 7.63. The molecule has 0 aliphatic carbocycles. The van der Waals surface area contributed by atoms with Gasteiger partial charge < -0.3 is 56.3 Å². The van der Waals surface area contributed by atoms with Crippen molar-refractivity contribution in [2.24, 2.45) is 11.5 Å². The predicted molar refractivity (Wildman–Crippen MR) is 72.6 cm³/mol. The van der Waals surface area contributed by atoms with Gasteiger partial charge in [-0.15, -0.1) is 0 Å². The highest BCUT2D eigenvalue weighted by Crippen LogP contribution is 2.27. The molecule has 10 atom stereocenters. The van der Waals surface area contributed by atoms with E-state index in [1.54, 1.807) is 0 Å². The van der Waals surface area contributed by atoms with Crippen molar-refractivity contribution in [3.05, 3.63) is 0 Å². The van der Waals surface area contributed by atoms with Gasteiger partial charge in [-0.1, -0.05) is 0 Å². The Morgan fingerprint density at radius 3 is 1.26 bits per heavy atom. The molecule has 2 heterocycles. The van der Waals surface area contributed by atoms with E-state index in [-0.39, 0.29) is 13.1 Å². The number of ether oxygens (including phenoxy) is 3. The Balaban J connectivity index is 2.07. The number of hydrogen-bond acceptors (Lipinski definition) is 11. The molecule has 11 heteroatoms. The molecule has 2 fully saturated rings. The van der Waals surface area contributed by atoms with Gasteiger partial charge in [-0.2, -0.15) is 0 Å². The zero-order chi connectivity index (χ0) is 17.3. The topological polar surface area (TPSA) is 201 Å². The van der Waals surface area contributed by atoms with Crippen molar-refractivity contribution in [1.29, 1.82) is 0 Å². The summed E-state index contributed by atoms with van der Waals surface area (Å²) in [6.07, 6.45) is -14.2. The summed E-state index contributed by atoms with van der Waals surface area (Å²) in [5.41, 5.74) is 10.8.